The summed E-state index contributed by atoms with van der Waals surface area (Å²) in [6.07, 6.45) is 1.67. The number of rotatable bonds is 5. The van der Waals surface area contributed by atoms with Gasteiger partial charge in [-0.1, -0.05) is 12.7 Å². The minimum atomic E-state index is -1.05. The quantitative estimate of drug-likeness (QED) is 0.195. The van der Waals surface area contributed by atoms with E-state index < -0.39 is 6.29 Å². The maximum Gasteiger partial charge on any atom is 0.207 e. The fourth-order valence-electron chi connectivity index (χ4n) is 0.196. The summed E-state index contributed by atoms with van der Waals surface area (Å²) in [6, 6.07) is 0. The average Bonchev–Trinajstić information content (AvgIpc) is 1.89. The predicted molar refractivity (Wildman–Crippen MR) is 33.4 cm³/mol. The highest BCUT2D eigenvalue weighted by Crippen LogP contribution is 1.87. The fraction of sp³-hybridized carbons (Fsp3) is 0.333. The number of aliphatic hydroxyl groups is 1. The van der Waals surface area contributed by atoms with Crippen LogP contribution in [0.5, 0.6) is 0 Å². The molecule has 3 heteroatoms. The molecule has 0 amide bonds. The Morgan fingerprint density at radius 3 is 2.67 bits per heavy atom. The molecule has 0 heterocycles. The number of hydrogen-bond acceptors (Lipinski definition) is 3. The molecule has 0 aromatic rings. The van der Waals surface area contributed by atoms with Crippen molar-refractivity contribution in [2.24, 2.45) is 0 Å². The Hall–Kier alpha value is -0.640. The lowest BCUT2D eigenvalue weighted by Gasteiger charge is -2.02. The van der Waals surface area contributed by atoms with E-state index in [-0.39, 0.29) is 6.61 Å². The molecule has 0 saturated heterocycles. The molecule has 0 radical (unpaired) electrons. The van der Waals surface area contributed by atoms with E-state index in [2.05, 4.69) is 22.9 Å². The summed E-state index contributed by atoms with van der Waals surface area (Å²) >= 11 is 0. The first kappa shape index (κ1) is 8.36. The first-order valence-corrected chi connectivity index (χ1v) is 2.51. The van der Waals surface area contributed by atoms with Crippen LogP contribution in [0.3, 0.4) is 0 Å². The van der Waals surface area contributed by atoms with Crippen LogP contribution in [-0.4, -0.2) is 18.0 Å². The van der Waals surface area contributed by atoms with Gasteiger partial charge in [0.05, 0.1) is 0 Å². The highest BCUT2D eigenvalue weighted by molar-refractivity contribution is 4.68. The molecular weight excluding hydrogens is 120 g/mol. The Morgan fingerprint density at radius 1 is 1.56 bits per heavy atom. The van der Waals surface area contributed by atoms with Crippen LogP contribution in [0.1, 0.15) is 0 Å². The van der Waals surface area contributed by atoms with E-state index in [0.717, 1.165) is 0 Å². The van der Waals surface area contributed by atoms with Crippen LogP contribution >= 0.6 is 0 Å². The molecule has 52 valence electrons. The van der Waals surface area contributed by atoms with Crippen molar-refractivity contribution in [2.75, 3.05) is 6.61 Å². The van der Waals surface area contributed by atoms with Gasteiger partial charge in [-0.15, -0.1) is 6.58 Å². The van der Waals surface area contributed by atoms with Crippen molar-refractivity contribution < 1.29 is 14.9 Å². The molecule has 0 spiro atoms. The zero-order valence-electron chi connectivity index (χ0n) is 5.12. The Kier molecular flexibility index (Phi) is 5.11. The van der Waals surface area contributed by atoms with E-state index >= 15 is 0 Å². The molecule has 0 aliphatic carbocycles. The van der Waals surface area contributed by atoms with E-state index in [1.54, 1.807) is 0 Å². The lowest BCUT2D eigenvalue weighted by atomic mass is 10.6. The fourth-order valence-corrected chi connectivity index (χ4v) is 0.196. The SMILES string of the molecule is C=CCOOC(O)C=C. The van der Waals surface area contributed by atoms with Gasteiger partial charge in [-0.25, -0.2) is 4.89 Å². The van der Waals surface area contributed by atoms with E-state index in [4.69, 9.17) is 5.11 Å². The molecule has 9 heavy (non-hydrogen) atoms. The lowest BCUT2D eigenvalue weighted by molar-refractivity contribution is -0.349. The molecule has 1 unspecified atom stereocenters. The topological polar surface area (TPSA) is 38.7 Å². The highest BCUT2D eigenvalue weighted by Gasteiger charge is 1.94. The second-order valence-electron chi connectivity index (χ2n) is 1.30. The Morgan fingerprint density at radius 2 is 2.22 bits per heavy atom. The maximum absolute atomic E-state index is 8.58. The summed E-state index contributed by atoms with van der Waals surface area (Å²) in [7, 11) is 0. The van der Waals surface area contributed by atoms with Crippen LogP contribution in [0.4, 0.5) is 0 Å². The third-order valence-corrected chi connectivity index (χ3v) is 0.554. The summed E-state index contributed by atoms with van der Waals surface area (Å²) in [5.41, 5.74) is 0. The Bertz CT molecular complexity index is 90.3. The van der Waals surface area contributed by atoms with Crippen LogP contribution in [-0.2, 0) is 9.78 Å². The number of aliphatic hydroxyl groups excluding tert-OH is 1. The molecule has 0 saturated carbocycles. The molecule has 0 aromatic heterocycles. The second-order valence-corrected chi connectivity index (χ2v) is 1.30. The molecule has 0 bridgehead atoms. The van der Waals surface area contributed by atoms with Crippen molar-refractivity contribution in [3.8, 4) is 0 Å². The van der Waals surface area contributed by atoms with Gasteiger partial charge >= 0.3 is 0 Å². The third-order valence-electron chi connectivity index (χ3n) is 0.554. The molecule has 0 aliphatic heterocycles. The summed E-state index contributed by atoms with van der Waals surface area (Å²) in [5.74, 6) is 0. The highest BCUT2D eigenvalue weighted by atomic mass is 17.2. The molecule has 0 rings (SSSR count). The normalized spacial score (nSPS) is 12.6. The van der Waals surface area contributed by atoms with Gasteiger partial charge in [0, 0.05) is 0 Å². The summed E-state index contributed by atoms with van der Waals surface area (Å²) in [4.78, 5) is 8.69. The van der Waals surface area contributed by atoms with Gasteiger partial charge in [0.2, 0.25) is 6.29 Å². The monoisotopic (exact) mass is 130 g/mol. The van der Waals surface area contributed by atoms with Gasteiger partial charge in [0.1, 0.15) is 6.61 Å². The van der Waals surface area contributed by atoms with E-state index in [1.165, 1.54) is 12.2 Å². The first-order valence-electron chi connectivity index (χ1n) is 2.51. The third kappa shape index (κ3) is 5.23. The van der Waals surface area contributed by atoms with Gasteiger partial charge in [0.15, 0.2) is 0 Å². The second kappa shape index (κ2) is 5.50. The standard InChI is InChI=1S/C6H10O3/c1-3-5-8-9-6(7)4-2/h3-4,6-7H,1-2,5H2. The van der Waals surface area contributed by atoms with Gasteiger partial charge in [0.25, 0.3) is 0 Å². The average molecular weight is 130 g/mol. The zero-order chi connectivity index (χ0) is 7.11. The number of hydrogen-bond donors (Lipinski definition) is 1. The minimum absolute atomic E-state index is 0.255. The van der Waals surface area contributed by atoms with Gasteiger partial charge in [-0.3, -0.25) is 0 Å². The minimum Gasteiger partial charge on any atom is -0.363 e. The van der Waals surface area contributed by atoms with Gasteiger partial charge in [-0.2, -0.15) is 4.89 Å². The van der Waals surface area contributed by atoms with Crippen molar-refractivity contribution in [1.82, 2.24) is 0 Å². The van der Waals surface area contributed by atoms with Gasteiger partial charge in [-0.05, 0) is 6.08 Å². The van der Waals surface area contributed by atoms with Crippen LogP contribution in [0.2, 0.25) is 0 Å². The van der Waals surface area contributed by atoms with Gasteiger partial charge < -0.3 is 5.11 Å². The smallest absolute Gasteiger partial charge is 0.207 e. The molecule has 1 atom stereocenters. The predicted octanol–water partition coefficient (Wildman–Crippen LogP) is 0.625. The lowest BCUT2D eigenvalue weighted by Crippen LogP contribution is -2.08. The van der Waals surface area contributed by atoms with Crippen molar-refractivity contribution in [1.29, 1.82) is 0 Å². The van der Waals surface area contributed by atoms with E-state index in [0.29, 0.717) is 0 Å². The van der Waals surface area contributed by atoms with Crippen LogP contribution in [0.25, 0.3) is 0 Å². The van der Waals surface area contributed by atoms with Crippen LogP contribution < -0.4 is 0 Å². The molecule has 3 nitrogen and oxygen atoms in total. The van der Waals surface area contributed by atoms with Crippen molar-refractivity contribution >= 4 is 0 Å². The van der Waals surface area contributed by atoms with Crippen molar-refractivity contribution in [3.63, 3.8) is 0 Å². The van der Waals surface area contributed by atoms with Crippen molar-refractivity contribution in [3.05, 3.63) is 25.3 Å². The van der Waals surface area contributed by atoms with Crippen molar-refractivity contribution in [2.45, 2.75) is 6.29 Å². The molecular formula is C6H10O3. The summed E-state index contributed by atoms with van der Waals surface area (Å²) in [6.45, 7) is 6.88. The summed E-state index contributed by atoms with van der Waals surface area (Å²) in [5, 5.41) is 8.58. The first-order chi connectivity index (χ1) is 4.31. The molecule has 1 N–H and O–H groups in total. The maximum atomic E-state index is 8.58. The van der Waals surface area contributed by atoms with Crippen LogP contribution in [0.15, 0.2) is 25.3 Å². The summed E-state index contributed by atoms with van der Waals surface area (Å²) < 4.78 is 0. The van der Waals surface area contributed by atoms with E-state index in [1.807, 2.05) is 0 Å². The Labute approximate surface area is 54.1 Å². The van der Waals surface area contributed by atoms with E-state index in [9.17, 15) is 0 Å². The largest absolute Gasteiger partial charge is 0.363 e. The zero-order valence-corrected chi connectivity index (χ0v) is 5.12. The van der Waals surface area contributed by atoms with Crippen LogP contribution in [0, 0.1) is 0 Å². The molecule has 0 aliphatic rings. The molecule has 0 aromatic carbocycles. The Balaban J connectivity index is 3.05. The molecule has 0 fully saturated rings.